The van der Waals surface area contributed by atoms with Crippen molar-refractivity contribution in [2.75, 3.05) is 39.4 Å². The van der Waals surface area contributed by atoms with E-state index in [2.05, 4.69) is 44.5 Å². The van der Waals surface area contributed by atoms with Gasteiger partial charge in [-0.3, -0.25) is 9.88 Å². The summed E-state index contributed by atoms with van der Waals surface area (Å²) in [5.41, 5.74) is 2.38. The van der Waals surface area contributed by atoms with Crippen LogP contribution in [0, 0.1) is 6.92 Å². The second-order valence-corrected chi connectivity index (χ2v) is 8.43. The molecular weight excluding hydrogens is 376 g/mol. The number of thiocarbonyl (C=S) groups is 1. The minimum Gasteiger partial charge on any atom is -0.379 e. The van der Waals surface area contributed by atoms with Crippen LogP contribution in [0.5, 0.6) is 0 Å². The van der Waals surface area contributed by atoms with E-state index in [-0.39, 0.29) is 12.1 Å². The Morgan fingerprint density at radius 3 is 2.81 bits per heavy atom. The lowest BCUT2D eigenvalue weighted by atomic mass is 10.0. The summed E-state index contributed by atoms with van der Waals surface area (Å²) in [5.74, 6) is 0. The van der Waals surface area contributed by atoms with Crippen LogP contribution in [0.3, 0.4) is 0 Å². The first kappa shape index (κ1) is 18.8. The van der Waals surface area contributed by atoms with Gasteiger partial charge in [-0.2, -0.15) is 0 Å². The van der Waals surface area contributed by atoms with Crippen LogP contribution in [0.4, 0.5) is 0 Å². The molecule has 144 valence electrons. The molecule has 2 aliphatic heterocycles. The molecule has 2 saturated heterocycles. The molecule has 1 N–H and O–H groups in total. The summed E-state index contributed by atoms with van der Waals surface area (Å²) in [4.78, 5) is 10.8. The lowest BCUT2D eigenvalue weighted by Gasteiger charge is -2.30. The van der Waals surface area contributed by atoms with Gasteiger partial charge < -0.3 is 15.0 Å². The number of aryl methyl sites for hydroxylation is 1. The first-order valence-electron chi connectivity index (χ1n) is 9.56. The van der Waals surface area contributed by atoms with Crippen molar-refractivity contribution < 1.29 is 4.74 Å². The summed E-state index contributed by atoms with van der Waals surface area (Å²) in [6.45, 7) is 8.00. The molecule has 0 aliphatic carbocycles. The third-order valence-corrected chi connectivity index (χ3v) is 6.79. The fourth-order valence-electron chi connectivity index (χ4n) is 3.91. The number of pyridine rings is 1. The highest BCUT2D eigenvalue weighted by atomic mass is 32.1. The molecule has 27 heavy (non-hydrogen) atoms. The SMILES string of the molecule is Cc1ccsc1C1C(c2ccccn2)NC(=S)N1CCCN1CCOCC1. The van der Waals surface area contributed by atoms with Gasteiger partial charge in [0.15, 0.2) is 5.11 Å². The summed E-state index contributed by atoms with van der Waals surface area (Å²) < 4.78 is 5.45. The van der Waals surface area contributed by atoms with Crippen LogP contribution < -0.4 is 5.32 Å². The van der Waals surface area contributed by atoms with E-state index in [0.29, 0.717) is 0 Å². The molecule has 0 aromatic carbocycles. The van der Waals surface area contributed by atoms with Crippen LogP contribution in [-0.4, -0.2) is 59.3 Å². The zero-order chi connectivity index (χ0) is 18.6. The van der Waals surface area contributed by atoms with E-state index in [1.54, 1.807) is 0 Å². The smallest absolute Gasteiger partial charge is 0.170 e. The number of morpholine rings is 1. The molecule has 0 spiro atoms. The second kappa shape index (κ2) is 8.65. The highest BCUT2D eigenvalue weighted by molar-refractivity contribution is 7.80. The van der Waals surface area contributed by atoms with Crippen molar-refractivity contribution in [3.05, 3.63) is 52.0 Å². The molecule has 0 saturated carbocycles. The van der Waals surface area contributed by atoms with Crippen LogP contribution >= 0.6 is 23.6 Å². The number of nitrogens with zero attached hydrogens (tertiary/aromatic N) is 3. The number of ether oxygens (including phenoxy) is 1. The van der Waals surface area contributed by atoms with Gasteiger partial charge in [0.1, 0.15) is 0 Å². The van der Waals surface area contributed by atoms with Crippen molar-refractivity contribution in [3.8, 4) is 0 Å². The summed E-state index contributed by atoms with van der Waals surface area (Å²) >= 11 is 7.56. The highest BCUT2D eigenvalue weighted by Gasteiger charge is 2.40. The Morgan fingerprint density at radius 2 is 2.11 bits per heavy atom. The standard InChI is InChI=1S/C20H26N4OS2/c1-15-6-14-27-19(15)18-17(16-5-2-3-7-21-16)22-20(26)24(18)9-4-8-23-10-12-25-13-11-23/h2-3,5-7,14,17-18H,4,8-13H2,1H3,(H,22,26). The van der Waals surface area contributed by atoms with Gasteiger partial charge in [-0.05, 0) is 54.7 Å². The van der Waals surface area contributed by atoms with Crippen molar-refractivity contribution in [2.24, 2.45) is 0 Å². The van der Waals surface area contributed by atoms with E-state index in [1.807, 2.05) is 29.7 Å². The van der Waals surface area contributed by atoms with Crippen LogP contribution in [0.2, 0.25) is 0 Å². The number of hydrogen-bond acceptors (Lipinski definition) is 5. The fourth-order valence-corrected chi connectivity index (χ4v) is 5.31. The fraction of sp³-hybridized carbons (Fsp3) is 0.500. The Labute approximate surface area is 170 Å². The second-order valence-electron chi connectivity index (χ2n) is 7.10. The quantitative estimate of drug-likeness (QED) is 0.749. The monoisotopic (exact) mass is 402 g/mol. The molecule has 0 amide bonds. The average molecular weight is 403 g/mol. The van der Waals surface area contributed by atoms with Crippen LogP contribution in [-0.2, 0) is 4.74 Å². The summed E-state index contributed by atoms with van der Waals surface area (Å²) in [6.07, 6.45) is 2.96. The van der Waals surface area contributed by atoms with E-state index in [9.17, 15) is 0 Å². The molecule has 0 radical (unpaired) electrons. The third kappa shape index (κ3) is 4.16. The van der Waals surface area contributed by atoms with Crippen molar-refractivity contribution in [1.29, 1.82) is 0 Å². The predicted molar refractivity (Wildman–Crippen MR) is 113 cm³/mol. The lowest BCUT2D eigenvalue weighted by Crippen LogP contribution is -2.38. The topological polar surface area (TPSA) is 40.6 Å². The van der Waals surface area contributed by atoms with Gasteiger partial charge in [0.25, 0.3) is 0 Å². The number of thiophene rings is 1. The zero-order valence-electron chi connectivity index (χ0n) is 15.6. The van der Waals surface area contributed by atoms with Gasteiger partial charge in [-0.1, -0.05) is 6.07 Å². The minimum absolute atomic E-state index is 0.0967. The molecule has 4 heterocycles. The molecule has 0 bridgehead atoms. The van der Waals surface area contributed by atoms with Gasteiger partial charge in [0.2, 0.25) is 0 Å². The Morgan fingerprint density at radius 1 is 1.26 bits per heavy atom. The van der Waals surface area contributed by atoms with Gasteiger partial charge in [-0.25, -0.2) is 0 Å². The molecule has 4 rings (SSSR count). The number of rotatable bonds is 6. The number of hydrogen-bond donors (Lipinski definition) is 1. The maximum absolute atomic E-state index is 5.74. The molecule has 2 aromatic rings. The minimum atomic E-state index is 0.0967. The summed E-state index contributed by atoms with van der Waals surface area (Å²) in [5, 5.41) is 6.55. The van der Waals surface area contributed by atoms with E-state index in [4.69, 9.17) is 17.0 Å². The maximum atomic E-state index is 5.74. The number of aromatic nitrogens is 1. The molecule has 5 nitrogen and oxygen atoms in total. The van der Waals surface area contributed by atoms with Gasteiger partial charge >= 0.3 is 0 Å². The maximum Gasteiger partial charge on any atom is 0.170 e. The van der Waals surface area contributed by atoms with E-state index in [0.717, 1.165) is 56.6 Å². The third-order valence-electron chi connectivity index (χ3n) is 5.35. The highest BCUT2D eigenvalue weighted by Crippen LogP contribution is 2.41. The van der Waals surface area contributed by atoms with Crippen LogP contribution in [0.15, 0.2) is 35.8 Å². The first-order valence-corrected chi connectivity index (χ1v) is 10.8. The van der Waals surface area contributed by atoms with Crippen molar-refractivity contribution in [1.82, 2.24) is 20.1 Å². The van der Waals surface area contributed by atoms with E-state index >= 15 is 0 Å². The predicted octanol–water partition coefficient (Wildman–Crippen LogP) is 3.15. The van der Waals surface area contributed by atoms with E-state index in [1.165, 1.54) is 10.4 Å². The Bertz CT molecular complexity index is 760. The Kier molecular flexibility index (Phi) is 6.02. The largest absolute Gasteiger partial charge is 0.379 e. The summed E-state index contributed by atoms with van der Waals surface area (Å²) in [6, 6.07) is 8.60. The molecule has 2 aromatic heterocycles. The first-order chi connectivity index (χ1) is 13.2. The van der Waals surface area contributed by atoms with Crippen molar-refractivity contribution >= 4 is 28.7 Å². The zero-order valence-corrected chi connectivity index (χ0v) is 17.3. The molecule has 2 fully saturated rings. The molecule has 2 aliphatic rings. The normalized spacial score (nSPS) is 23.6. The Balaban J connectivity index is 1.51. The van der Waals surface area contributed by atoms with Crippen LogP contribution in [0.25, 0.3) is 0 Å². The van der Waals surface area contributed by atoms with Crippen LogP contribution in [0.1, 0.15) is 34.6 Å². The van der Waals surface area contributed by atoms with Crippen molar-refractivity contribution in [3.63, 3.8) is 0 Å². The van der Waals surface area contributed by atoms with Gasteiger partial charge in [0, 0.05) is 37.3 Å². The molecular formula is C20H26N4OS2. The average Bonchev–Trinajstić information content (AvgIpc) is 3.26. The lowest BCUT2D eigenvalue weighted by molar-refractivity contribution is 0.0365. The molecule has 2 unspecified atom stereocenters. The van der Waals surface area contributed by atoms with Gasteiger partial charge in [0.05, 0.1) is 31.0 Å². The molecule has 7 heteroatoms. The van der Waals surface area contributed by atoms with Gasteiger partial charge in [-0.15, -0.1) is 11.3 Å². The Hall–Kier alpha value is -1.54. The van der Waals surface area contributed by atoms with Crippen molar-refractivity contribution in [2.45, 2.75) is 25.4 Å². The summed E-state index contributed by atoms with van der Waals surface area (Å²) in [7, 11) is 0. The van der Waals surface area contributed by atoms with E-state index < -0.39 is 0 Å². The molecule has 2 atom stereocenters. The number of nitrogens with one attached hydrogen (secondary N) is 1.